The zero-order valence-corrected chi connectivity index (χ0v) is 10.5. The molecule has 0 bridgehead atoms. The highest BCUT2D eigenvalue weighted by Gasteiger charge is 2.43. The van der Waals surface area contributed by atoms with Crippen molar-refractivity contribution in [1.29, 1.82) is 0 Å². The smallest absolute Gasteiger partial charge is 0.233 e. The van der Waals surface area contributed by atoms with E-state index < -0.39 is 0 Å². The molecule has 0 saturated heterocycles. The Morgan fingerprint density at radius 2 is 2.25 bits per heavy atom. The number of aromatic nitrogens is 1. The van der Waals surface area contributed by atoms with Crippen LogP contribution < -0.4 is 11.1 Å². The summed E-state index contributed by atoms with van der Waals surface area (Å²) >= 11 is 1.52. The minimum absolute atomic E-state index is 0.0370. The number of amides is 1. The molecule has 1 fully saturated rings. The third-order valence-electron chi connectivity index (χ3n) is 3.43. The van der Waals surface area contributed by atoms with Crippen LogP contribution in [0.25, 0.3) is 0 Å². The zero-order chi connectivity index (χ0) is 11.8. The molecule has 1 amide bonds. The van der Waals surface area contributed by atoms with E-state index in [2.05, 4.69) is 10.3 Å². The van der Waals surface area contributed by atoms with Crippen molar-refractivity contribution in [3.8, 4) is 0 Å². The number of carbonyl (C=O) groups is 1. The minimum atomic E-state index is -0.326. The highest BCUT2D eigenvalue weighted by molar-refractivity contribution is 7.15. The molecule has 0 aromatic carbocycles. The molecule has 5 heteroatoms. The number of thiazole rings is 1. The highest BCUT2D eigenvalue weighted by Crippen LogP contribution is 2.41. The van der Waals surface area contributed by atoms with Gasteiger partial charge in [-0.25, -0.2) is 4.98 Å². The molecule has 1 aromatic heterocycles. The largest absolute Gasteiger partial charge is 0.329 e. The topological polar surface area (TPSA) is 68.0 Å². The van der Waals surface area contributed by atoms with E-state index in [1.807, 2.05) is 13.8 Å². The Morgan fingerprint density at radius 1 is 1.56 bits per heavy atom. The molecule has 0 atom stereocenters. The average Bonchev–Trinajstić information content (AvgIpc) is 2.44. The molecule has 1 heterocycles. The third kappa shape index (κ3) is 1.85. The first-order valence-electron chi connectivity index (χ1n) is 5.53. The van der Waals surface area contributed by atoms with Crippen molar-refractivity contribution >= 4 is 22.4 Å². The Balaban J connectivity index is 2.07. The van der Waals surface area contributed by atoms with E-state index in [0.29, 0.717) is 11.7 Å². The molecule has 0 spiro atoms. The third-order valence-corrected chi connectivity index (χ3v) is 4.42. The Hall–Kier alpha value is -0.940. The lowest BCUT2D eigenvalue weighted by atomic mass is 9.68. The number of nitrogens with zero attached hydrogens (tertiary/aromatic N) is 1. The van der Waals surface area contributed by atoms with Gasteiger partial charge in [-0.05, 0) is 26.7 Å². The predicted octanol–water partition coefficient (Wildman–Crippen LogP) is 1.83. The second-order valence-electron chi connectivity index (χ2n) is 4.45. The van der Waals surface area contributed by atoms with Gasteiger partial charge in [-0.15, -0.1) is 11.3 Å². The summed E-state index contributed by atoms with van der Waals surface area (Å²) in [6.07, 6.45) is 2.90. The van der Waals surface area contributed by atoms with Crippen molar-refractivity contribution in [1.82, 2.24) is 4.98 Å². The molecule has 0 unspecified atom stereocenters. The summed E-state index contributed by atoms with van der Waals surface area (Å²) in [6, 6.07) is 0. The van der Waals surface area contributed by atoms with Gasteiger partial charge in [0.2, 0.25) is 5.91 Å². The molecule has 0 aliphatic heterocycles. The second kappa shape index (κ2) is 4.14. The normalized spacial score (nSPS) is 17.9. The standard InChI is InChI=1S/C11H17N3OS/c1-7-8(2)16-10(13-7)14-9(15)11(6-12)4-3-5-11/h3-6,12H2,1-2H3,(H,13,14,15). The predicted molar refractivity (Wildman–Crippen MR) is 65.6 cm³/mol. The molecule has 0 radical (unpaired) electrons. The lowest BCUT2D eigenvalue weighted by Crippen LogP contribution is -2.47. The number of aryl methyl sites for hydroxylation is 2. The van der Waals surface area contributed by atoms with E-state index in [9.17, 15) is 4.79 Å². The van der Waals surface area contributed by atoms with E-state index in [4.69, 9.17) is 5.73 Å². The first kappa shape index (κ1) is 11.5. The number of hydrogen-bond donors (Lipinski definition) is 2. The van der Waals surface area contributed by atoms with Crippen LogP contribution in [0, 0.1) is 19.3 Å². The fraction of sp³-hybridized carbons (Fsp3) is 0.636. The Bertz CT molecular complexity index is 384. The molecule has 16 heavy (non-hydrogen) atoms. The van der Waals surface area contributed by atoms with Gasteiger partial charge >= 0.3 is 0 Å². The van der Waals surface area contributed by atoms with Crippen molar-refractivity contribution in [2.75, 3.05) is 11.9 Å². The molecule has 1 saturated carbocycles. The van der Waals surface area contributed by atoms with Gasteiger partial charge < -0.3 is 11.1 Å². The van der Waals surface area contributed by atoms with Gasteiger partial charge in [0.1, 0.15) is 0 Å². The van der Waals surface area contributed by atoms with Crippen LogP contribution in [0.2, 0.25) is 0 Å². The van der Waals surface area contributed by atoms with Crippen LogP contribution in [0.5, 0.6) is 0 Å². The fourth-order valence-corrected chi connectivity index (χ4v) is 2.69. The number of anilines is 1. The second-order valence-corrected chi connectivity index (χ2v) is 5.66. The molecule has 2 rings (SSSR count). The minimum Gasteiger partial charge on any atom is -0.329 e. The van der Waals surface area contributed by atoms with E-state index >= 15 is 0 Å². The van der Waals surface area contributed by atoms with Crippen LogP contribution in [0.3, 0.4) is 0 Å². The monoisotopic (exact) mass is 239 g/mol. The summed E-state index contributed by atoms with van der Waals surface area (Å²) in [5.41, 5.74) is 6.34. The van der Waals surface area contributed by atoms with Crippen molar-refractivity contribution in [2.24, 2.45) is 11.1 Å². The van der Waals surface area contributed by atoms with Gasteiger partial charge in [0.15, 0.2) is 5.13 Å². The summed E-state index contributed by atoms with van der Waals surface area (Å²) in [5, 5.41) is 3.58. The molecule has 88 valence electrons. The summed E-state index contributed by atoms with van der Waals surface area (Å²) < 4.78 is 0. The lowest BCUT2D eigenvalue weighted by Gasteiger charge is -2.38. The Labute approximate surface area is 99.3 Å². The van der Waals surface area contributed by atoms with Crippen LogP contribution in [-0.2, 0) is 4.79 Å². The van der Waals surface area contributed by atoms with E-state index in [1.54, 1.807) is 0 Å². The quantitative estimate of drug-likeness (QED) is 0.845. The number of nitrogens with one attached hydrogen (secondary N) is 1. The fourth-order valence-electron chi connectivity index (χ4n) is 1.88. The Kier molecular flexibility index (Phi) is 2.99. The van der Waals surface area contributed by atoms with Crippen LogP contribution in [-0.4, -0.2) is 17.4 Å². The SMILES string of the molecule is Cc1nc(NC(=O)C2(CN)CCC2)sc1C. The Morgan fingerprint density at radius 3 is 2.62 bits per heavy atom. The van der Waals surface area contributed by atoms with Gasteiger partial charge in [-0.2, -0.15) is 0 Å². The highest BCUT2D eigenvalue weighted by atomic mass is 32.1. The lowest BCUT2D eigenvalue weighted by molar-refractivity contribution is -0.129. The number of rotatable bonds is 3. The maximum Gasteiger partial charge on any atom is 0.233 e. The molecule has 1 aliphatic carbocycles. The van der Waals surface area contributed by atoms with Gasteiger partial charge in [0.25, 0.3) is 0 Å². The molecular formula is C11H17N3OS. The van der Waals surface area contributed by atoms with Gasteiger partial charge in [0, 0.05) is 11.4 Å². The van der Waals surface area contributed by atoms with Gasteiger partial charge in [-0.1, -0.05) is 6.42 Å². The number of nitrogens with two attached hydrogens (primary N) is 1. The van der Waals surface area contributed by atoms with Gasteiger partial charge in [-0.3, -0.25) is 4.79 Å². The molecular weight excluding hydrogens is 222 g/mol. The molecule has 4 nitrogen and oxygen atoms in total. The molecule has 3 N–H and O–H groups in total. The van der Waals surface area contributed by atoms with Gasteiger partial charge in [0.05, 0.1) is 11.1 Å². The van der Waals surface area contributed by atoms with E-state index in [1.165, 1.54) is 11.3 Å². The maximum atomic E-state index is 12.0. The zero-order valence-electron chi connectivity index (χ0n) is 9.67. The van der Waals surface area contributed by atoms with Crippen LogP contribution in [0.15, 0.2) is 0 Å². The summed E-state index contributed by atoms with van der Waals surface area (Å²) in [5.74, 6) is 0.0370. The maximum absolute atomic E-state index is 12.0. The van der Waals surface area contributed by atoms with Crippen molar-refractivity contribution < 1.29 is 4.79 Å². The average molecular weight is 239 g/mol. The van der Waals surface area contributed by atoms with Crippen molar-refractivity contribution in [3.05, 3.63) is 10.6 Å². The van der Waals surface area contributed by atoms with E-state index in [0.717, 1.165) is 29.8 Å². The molecule has 1 aliphatic rings. The van der Waals surface area contributed by atoms with Crippen molar-refractivity contribution in [3.63, 3.8) is 0 Å². The summed E-state index contributed by atoms with van der Waals surface area (Å²) in [4.78, 5) is 17.5. The number of carbonyl (C=O) groups excluding carboxylic acids is 1. The van der Waals surface area contributed by atoms with Crippen LogP contribution in [0.4, 0.5) is 5.13 Å². The van der Waals surface area contributed by atoms with E-state index in [-0.39, 0.29) is 11.3 Å². The summed E-state index contributed by atoms with van der Waals surface area (Å²) in [6.45, 7) is 4.39. The molecule has 1 aromatic rings. The number of hydrogen-bond acceptors (Lipinski definition) is 4. The van der Waals surface area contributed by atoms with Crippen LogP contribution >= 0.6 is 11.3 Å². The first-order chi connectivity index (χ1) is 7.57. The van der Waals surface area contributed by atoms with Crippen LogP contribution in [0.1, 0.15) is 29.8 Å². The van der Waals surface area contributed by atoms with Crippen molar-refractivity contribution in [2.45, 2.75) is 33.1 Å². The summed E-state index contributed by atoms with van der Waals surface area (Å²) in [7, 11) is 0. The first-order valence-corrected chi connectivity index (χ1v) is 6.34.